The van der Waals surface area contributed by atoms with E-state index in [0.29, 0.717) is 25.2 Å². The molecule has 1 unspecified atom stereocenters. The average molecular weight is 318 g/mol. The fraction of sp³-hybridized carbons (Fsp3) is 0.600. The van der Waals surface area contributed by atoms with Gasteiger partial charge >= 0.3 is 5.69 Å². The molecule has 3 heterocycles. The standard InChI is InChI=1S/C15H22N6O2/c1-9-11(10(2)20(3)19-9)6-7-13(22)21-8-4-5-12(21)14-16-15(23)18-17-14/h12H,4-8H2,1-3H3,(H2,16,17,18,23). The molecule has 0 saturated carbocycles. The second kappa shape index (κ2) is 6.02. The van der Waals surface area contributed by atoms with Crippen molar-refractivity contribution in [2.75, 3.05) is 6.54 Å². The van der Waals surface area contributed by atoms with E-state index in [0.717, 1.165) is 29.8 Å². The van der Waals surface area contributed by atoms with Crippen LogP contribution in [0.1, 0.15) is 48.1 Å². The predicted octanol–water partition coefficient (Wildman–Crippen LogP) is 0.745. The number of H-pyrrole nitrogens is 2. The molecule has 124 valence electrons. The summed E-state index contributed by atoms with van der Waals surface area (Å²) in [5.41, 5.74) is 2.89. The highest BCUT2D eigenvalue weighted by atomic mass is 16.2. The van der Waals surface area contributed by atoms with E-state index in [1.807, 2.05) is 30.5 Å². The van der Waals surface area contributed by atoms with Crippen molar-refractivity contribution >= 4 is 5.91 Å². The monoisotopic (exact) mass is 318 g/mol. The molecule has 2 aromatic rings. The predicted molar refractivity (Wildman–Crippen MR) is 83.9 cm³/mol. The van der Waals surface area contributed by atoms with Crippen LogP contribution >= 0.6 is 0 Å². The van der Waals surface area contributed by atoms with Crippen LogP contribution in [0.5, 0.6) is 0 Å². The highest BCUT2D eigenvalue weighted by Gasteiger charge is 2.32. The first-order valence-electron chi connectivity index (χ1n) is 7.90. The molecule has 3 rings (SSSR count). The molecule has 8 heteroatoms. The molecular weight excluding hydrogens is 296 g/mol. The van der Waals surface area contributed by atoms with Gasteiger partial charge in [0.05, 0.1) is 11.7 Å². The minimum atomic E-state index is -0.332. The number of likely N-dealkylation sites (tertiary alicyclic amines) is 1. The zero-order chi connectivity index (χ0) is 16.6. The molecule has 0 radical (unpaired) electrons. The van der Waals surface area contributed by atoms with Crippen molar-refractivity contribution in [2.24, 2.45) is 7.05 Å². The summed E-state index contributed by atoms with van der Waals surface area (Å²) < 4.78 is 1.85. The third-order valence-corrected chi connectivity index (χ3v) is 4.66. The van der Waals surface area contributed by atoms with Gasteiger partial charge in [0.15, 0.2) is 5.82 Å². The summed E-state index contributed by atoms with van der Waals surface area (Å²) in [6.07, 6.45) is 2.89. The second-order valence-electron chi connectivity index (χ2n) is 6.08. The van der Waals surface area contributed by atoms with Gasteiger partial charge in [-0.3, -0.25) is 14.5 Å². The summed E-state index contributed by atoms with van der Waals surface area (Å²) >= 11 is 0. The summed E-state index contributed by atoms with van der Waals surface area (Å²) in [5, 5.41) is 10.7. The SMILES string of the molecule is Cc1nn(C)c(C)c1CCC(=O)N1CCCC1c1n[nH]c(=O)[nH]1. The van der Waals surface area contributed by atoms with Crippen LogP contribution in [0.3, 0.4) is 0 Å². The van der Waals surface area contributed by atoms with Gasteiger partial charge in [-0.25, -0.2) is 9.89 Å². The molecule has 2 aromatic heterocycles. The minimum Gasteiger partial charge on any atom is -0.332 e. The first-order valence-corrected chi connectivity index (χ1v) is 7.90. The molecule has 2 N–H and O–H groups in total. The second-order valence-corrected chi connectivity index (χ2v) is 6.08. The Balaban J connectivity index is 1.69. The number of amides is 1. The highest BCUT2D eigenvalue weighted by Crippen LogP contribution is 2.30. The van der Waals surface area contributed by atoms with Gasteiger partial charge in [0.2, 0.25) is 5.91 Å². The topological polar surface area (TPSA) is 99.7 Å². The molecule has 1 saturated heterocycles. The van der Waals surface area contributed by atoms with Crippen molar-refractivity contribution in [3.8, 4) is 0 Å². The van der Waals surface area contributed by atoms with Crippen LogP contribution in [0, 0.1) is 13.8 Å². The number of carbonyl (C=O) groups is 1. The van der Waals surface area contributed by atoms with Crippen LogP contribution in [0.25, 0.3) is 0 Å². The Hall–Kier alpha value is -2.38. The molecule has 8 nitrogen and oxygen atoms in total. The van der Waals surface area contributed by atoms with Gasteiger partial charge in [0.25, 0.3) is 0 Å². The van der Waals surface area contributed by atoms with Gasteiger partial charge in [-0.1, -0.05) is 0 Å². The quantitative estimate of drug-likeness (QED) is 0.868. The van der Waals surface area contributed by atoms with Crippen LogP contribution in [-0.2, 0) is 18.3 Å². The number of aromatic amines is 2. The Kier molecular flexibility index (Phi) is 4.06. The number of aryl methyl sites for hydroxylation is 2. The Bertz CT molecular complexity index is 771. The summed E-state index contributed by atoms with van der Waals surface area (Å²) in [4.78, 5) is 28.3. The third kappa shape index (κ3) is 2.93. The summed E-state index contributed by atoms with van der Waals surface area (Å²) in [6, 6.07) is -0.127. The van der Waals surface area contributed by atoms with E-state index in [2.05, 4.69) is 20.3 Å². The van der Waals surface area contributed by atoms with Crippen molar-refractivity contribution in [1.29, 1.82) is 0 Å². The number of nitrogens with zero attached hydrogens (tertiary/aromatic N) is 4. The lowest BCUT2D eigenvalue weighted by molar-refractivity contribution is -0.132. The van der Waals surface area contributed by atoms with E-state index in [-0.39, 0.29) is 17.6 Å². The minimum absolute atomic E-state index is 0.0963. The van der Waals surface area contributed by atoms with Crippen molar-refractivity contribution < 1.29 is 4.79 Å². The molecule has 1 fully saturated rings. The molecule has 0 aromatic carbocycles. The van der Waals surface area contributed by atoms with Crippen LogP contribution in [0.4, 0.5) is 0 Å². The summed E-state index contributed by atoms with van der Waals surface area (Å²) in [6.45, 7) is 4.70. The first kappa shape index (κ1) is 15.5. The van der Waals surface area contributed by atoms with Crippen LogP contribution in [-0.4, -0.2) is 42.3 Å². The van der Waals surface area contributed by atoms with E-state index in [1.54, 1.807) is 0 Å². The van der Waals surface area contributed by atoms with E-state index >= 15 is 0 Å². The number of nitrogens with one attached hydrogen (secondary N) is 2. The third-order valence-electron chi connectivity index (χ3n) is 4.66. The number of carbonyl (C=O) groups excluding carboxylic acids is 1. The van der Waals surface area contributed by atoms with E-state index in [9.17, 15) is 9.59 Å². The molecule has 0 spiro atoms. The van der Waals surface area contributed by atoms with Gasteiger partial charge in [-0.2, -0.15) is 10.2 Å². The maximum atomic E-state index is 12.6. The fourth-order valence-electron chi connectivity index (χ4n) is 3.35. The Labute approximate surface area is 133 Å². The smallest absolute Gasteiger partial charge is 0.332 e. The van der Waals surface area contributed by atoms with E-state index < -0.39 is 0 Å². The number of aromatic nitrogens is 5. The molecule has 1 atom stereocenters. The van der Waals surface area contributed by atoms with Crippen molar-refractivity contribution in [3.63, 3.8) is 0 Å². The normalized spacial score (nSPS) is 17.9. The van der Waals surface area contributed by atoms with Gasteiger partial charge in [-0.05, 0) is 38.7 Å². The van der Waals surface area contributed by atoms with Crippen molar-refractivity contribution in [3.05, 3.63) is 33.3 Å². The van der Waals surface area contributed by atoms with Crippen LogP contribution in [0.15, 0.2) is 4.79 Å². The number of hydrogen-bond acceptors (Lipinski definition) is 4. The Morgan fingerprint density at radius 2 is 2.17 bits per heavy atom. The summed E-state index contributed by atoms with van der Waals surface area (Å²) in [7, 11) is 1.91. The van der Waals surface area contributed by atoms with Gasteiger partial charge in [0, 0.05) is 25.7 Å². The van der Waals surface area contributed by atoms with Crippen molar-refractivity contribution in [2.45, 2.75) is 45.6 Å². The van der Waals surface area contributed by atoms with E-state index in [4.69, 9.17) is 0 Å². The molecule has 1 aliphatic rings. The zero-order valence-corrected chi connectivity index (χ0v) is 13.7. The lowest BCUT2D eigenvalue weighted by Crippen LogP contribution is -2.31. The van der Waals surface area contributed by atoms with Crippen LogP contribution in [0.2, 0.25) is 0 Å². The van der Waals surface area contributed by atoms with Crippen molar-refractivity contribution in [1.82, 2.24) is 29.9 Å². The fourth-order valence-corrected chi connectivity index (χ4v) is 3.35. The largest absolute Gasteiger partial charge is 0.340 e. The maximum Gasteiger partial charge on any atom is 0.340 e. The molecular formula is C15H22N6O2. The molecule has 1 aliphatic heterocycles. The molecule has 0 bridgehead atoms. The lowest BCUT2D eigenvalue weighted by atomic mass is 10.1. The Morgan fingerprint density at radius 3 is 2.78 bits per heavy atom. The van der Waals surface area contributed by atoms with Gasteiger partial charge in [0.1, 0.15) is 0 Å². The van der Waals surface area contributed by atoms with E-state index in [1.165, 1.54) is 0 Å². The molecule has 0 aliphatic carbocycles. The zero-order valence-electron chi connectivity index (χ0n) is 13.7. The highest BCUT2D eigenvalue weighted by molar-refractivity contribution is 5.77. The van der Waals surface area contributed by atoms with Gasteiger partial charge in [-0.15, -0.1) is 0 Å². The number of hydrogen-bond donors (Lipinski definition) is 2. The Morgan fingerprint density at radius 1 is 1.39 bits per heavy atom. The molecule has 1 amide bonds. The maximum absolute atomic E-state index is 12.6. The number of rotatable bonds is 4. The van der Waals surface area contributed by atoms with Gasteiger partial charge < -0.3 is 4.90 Å². The first-order chi connectivity index (χ1) is 11.0. The molecule has 23 heavy (non-hydrogen) atoms. The average Bonchev–Trinajstić information content (AvgIpc) is 3.19. The van der Waals surface area contributed by atoms with Crippen LogP contribution < -0.4 is 5.69 Å². The summed E-state index contributed by atoms with van der Waals surface area (Å²) in [5.74, 6) is 0.647. The lowest BCUT2D eigenvalue weighted by Gasteiger charge is -2.22.